The van der Waals surface area contributed by atoms with Gasteiger partial charge < -0.3 is 9.47 Å². The van der Waals surface area contributed by atoms with Crippen molar-refractivity contribution in [2.45, 2.75) is 32.8 Å². The van der Waals surface area contributed by atoms with E-state index in [1.54, 1.807) is 24.3 Å². The molecule has 0 radical (unpaired) electrons. The van der Waals surface area contributed by atoms with Gasteiger partial charge >= 0.3 is 0 Å². The predicted molar refractivity (Wildman–Crippen MR) is 83.7 cm³/mol. The van der Waals surface area contributed by atoms with Gasteiger partial charge in [-0.05, 0) is 48.4 Å². The lowest BCUT2D eigenvalue weighted by molar-refractivity contribution is 0.265. The lowest BCUT2D eigenvalue weighted by atomic mass is 9.94. The van der Waals surface area contributed by atoms with Gasteiger partial charge in [-0.15, -0.1) is 0 Å². The first-order valence-corrected chi connectivity index (χ1v) is 8.07. The molecule has 23 heavy (non-hydrogen) atoms. The molecule has 1 aliphatic carbocycles. The smallest absolute Gasteiger partial charge is 0.172 e. The maximum absolute atomic E-state index is 14.7. The van der Waals surface area contributed by atoms with E-state index >= 15 is 0 Å². The van der Waals surface area contributed by atoms with Crippen molar-refractivity contribution in [3.8, 4) is 22.6 Å². The highest BCUT2D eigenvalue weighted by atomic mass is 19.1. The Balaban J connectivity index is 1.73. The zero-order valence-corrected chi connectivity index (χ0v) is 13.0. The van der Waals surface area contributed by atoms with Crippen LogP contribution in [0.5, 0.6) is 11.5 Å². The van der Waals surface area contributed by atoms with E-state index in [1.807, 2.05) is 6.92 Å². The van der Waals surface area contributed by atoms with Crippen LogP contribution in [-0.2, 0) is 13.0 Å². The van der Waals surface area contributed by atoms with Gasteiger partial charge in [0.1, 0.15) is 6.61 Å². The maximum atomic E-state index is 14.7. The molecule has 2 nitrogen and oxygen atoms in total. The molecule has 0 N–H and O–H groups in total. The maximum Gasteiger partial charge on any atom is 0.172 e. The predicted octanol–water partition coefficient (Wildman–Crippen LogP) is 4.88. The second-order valence-electron chi connectivity index (χ2n) is 6.22. The number of benzene rings is 2. The molecule has 120 valence electrons. The van der Waals surface area contributed by atoms with Gasteiger partial charge in [-0.3, -0.25) is 0 Å². The van der Waals surface area contributed by atoms with Crippen LogP contribution in [0, 0.1) is 17.6 Å². The molecule has 0 atom stereocenters. The quantitative estimate of drug-likeness (QED) is 0.801. The van der Waals surface area contributed by atoms with E-state index in [0.717, 1.165) is 12.8 Å². The van der Waals surface area contributed by atoms with Gasteiger partial charge in [0.2, 0.25) is 0 Å². The van der Waals surface area contributed by atoms with Crippen LogP contribution in [0.15, 0.2) is 24.3 Å². The Morgan fingerprint density at radius 3 is 2.61 bits per heavy atom. The third kappa shape index (κ3) is 2.46. The molecular formula is C19H18F2O2. The Kier molecular flexibility index (Phi) is 3.47. The minimum absolute atomic E-state index is 0.0267. The summed E-state index contributed by atoms with van der Waals surface area (Å²) >= 11 is 0. The normalized spacial score (nSPS) is 15.6. The van der Waals surface area contributed by atoms with Crippen molar-refractivity contribution in [1.29, 1.82) is 0 Å². The Labute approximate surface area is 134 Å². The number of rotatable bonds is 4. The second kappa shape index (κ2) is 5.52. The van der Waals surface area contributed by atoms with Crippen molar-refractivity contribution < 1.29 is 18.3 Å². The zero-order valence-electron chi connectivity index (χ0n) is 13.0. The number of fused-ring (bicyclic) bond motifs is 3. The number of ether oxygens (including phenoxy) is 2. The minimum Gasteiger partial charge on any atom is -0.490 e. The van der Waals surface area contributed by atoms with E-state index < -0.39 is 5.82 Å². The summed E-state index contributed by atoms with van der Waals surface area (Å²) in [7, 11) is 0. The van der Waals surface area contributed by atoms with Gasteiger partial charge in [-0.25, -0.2) is 8.78 Å². The van der Waals surface area contributed by atoms with E-state index in [4.69, 9.17) is 9.47 Å². The molecule has 2 aromatic carbocycles. The summed E-state index contributed by atoms with van der Waals surface area (Å²) in [6.07, 6.45) is 2.90. The van der Waals surface area contributed by atoms with Crippen molar-refractivity contribution in [2.75, 3.05) is 6.61 Å². The Morgan fingerprint density at radius 2 is 1.87 bits per heavy atom. The van der Waals surface area contributed by atoms with Gasteiger partial charge in [0.05, 0.1) is 6.61 Å². The third-order valence-corrected chi connectivity index (χ3v) is 4.59. The van der Waals surface area contributed by atoms with Gasteiger partial charge in [0.25, 0.3) is 0 Å². The van der Waals surface area contributed by atoms with Crippen LogP contribution < -0.4 is 9.47 Å². The lowest BCUT2D eigenvalue weighted by Crippen LogP contribution is -2.12. The lowest BCUT2D eigenvalue weighted by Gasteiger charge is -2.23. The molecule has 0 bridgehead atoms. The fourth-order valence-corrected chi connectivity index (χ4v) is 2.96. The number of hydrogen-bond acceptors (Lipinski definition) is 2. The molecule has 1 aliphatic heterocycles. The topological polar surface area (TPSA) is 18.5 Å². The summed E-state index contributed by atoms with van der Waals surface area (Å²) in [4.78, 5) is 0. The van der Waals surface area contributed by atoms with Crippen molar-refractivity contribution in [3.05, 3.63) is 47.0 Å². The first-order chi connectivity index (χ1) is 11.2. The summed E-state index contributed by atoms with van der Waals surface area (Å²) < 4.78 is 40.2. The zero-order chi connectivity index (χ0) is 16.0. The molecular weight excluding hydrogens is 298 g/mol. The van der Waals surface area contributed by atoms with Crippen molar-refractivity contribution >= 4 is 0 Å². The molecule has 1 fully saturated rings. The number of aryl methyl sites for hydroxylation is 1. The molecule has 4 heteroatoms. The average molecular weight is 316 g/mol. The fourth-order valence-electron chi connectivity index (χ4n) is 2.96. The molecule has 0 saturated heterocycles. The molecule has 0 spiro atoms. The monoisotopic (exact) mass is 316 g/mol. The van der Waals surface area contributed by atoms with E-state index in [9.17, 15) is 8.78 Å². The van der Waals surface area contributed by atoms with E-state index in [2.05, 4.69) is 0 Å². The molecule has 0 aromatic heterocycles. The van der Waals surface area contributed by atoms with Gasteiger partial charge in [0, 0.05) is 11.1 Å². The van der Waals surface area contributed by atoms with Gasteiger partial charge in [-0.1, -0.05) is 19.1 Å². The first kappa shape index (κ1) is 14.5. The van der Waals surface area contributed by atoms with E-state index in [0.29, 0.717) is 41.2 Å². The van der Waals surface area contributed by atoms with Crippen LogP contribution in [0.25, 0.3) is 11.1 Å². The van der Waals surface area contributed by atoms with Crippen molar-refractivity contribution in [3.63, 3.8) is 0 Å². The van der Waals surface area contributed by atoms with Crippen LogP contribution in [0.4, 0.5) is 8.78 Å². The largest absolute Gasteiger partial charge is 0.490 e. The van der Waals surface area contributed by atoms with Crippen LogP contribution >= 0.6 is 0 Å². The molecule has 2 aromatic rings. The van der Waals surface area contributed by atoms with E-state index in [1.165, 1.54) is 0 Å². The SMILES string of the molecule is CCc1ccc2c(c1F)OCc1c-2ccc(OCC2CC2)c1F. The second-order valence-corrected chi connectivity index (χ2v) is 6.22. The molecule has 0 unspecified atom stereocenters. The average Bonchev–Trinajstić information content (AvgIpc) is 3.39. The highest BCUT2D eigenvalue weighted by molar-refractivity contribution is 5.76. The van der Waals surface area contributed by atoms with Crippen LogP contribution in [0.2, 0.25) is 0 Å². The Morgan fingerprint density at radius 1 is 1.09 bits per heavy atom. The van der Waals surface area contributed by atoms with Gasteiger partial charge in [-0.2, -0.15) is 0 Å². The molecule has 4 rings (SSSR count). The highest BCUT2D eigenvalue weighted by Gasteiger charge is 2.27. The minimum atomic E-state index is -0.395. The van der Waals surface area contributed by atoms with Gasteiger partial charge in [0.15, 0.2) is 23.1 Å². The molecule has 1 saturated carbocycles. The van der Waals surface area contributed by atoms with E-state index in [-0.39, 0.29) is 23.9 Å². The first-order valence-electron chi connectivity index (χ1n) is 8.07. The summed E-state index contributed by atoms with van der Waals surface area (Å²) in [6.45, 7) is 2.48. The number of hydrogen-bond donors (Lipinski definition) is 0. The standard InChI is InChI=1S/C19H18F2O2/c1-2-12-5-6-14-13-7-8-16(22-9-11-3-4-11)18(21)15(13)10-23-19(14)17(12)20/h5-8,11H,2-4,9-10H2,1H3. The molecule has 2 aliphatic rings. The van der Waals surface area contributed by atoms with Crippen LogP contribution in [0.1, 0.15) is 30.9 Å². The third-order valence-electron chi connectivity index (χ3n) is 4.59. The number of halogens is 2. The van der Waals surface area contributed by atoms with Crippen LogP contribution in [0.3, 0.4) is 0 Å². The molecule has 0 amide bonds. The summed E-state index contributed by atoms with van der Waals surface area (Å²) in [5.74, 6) is 0.305. The Bertz CT molecular complexity index is 766. The Hall–Kier alpha value is -2.10. The van der Waals surface area contributed by atoms with Crippen LogP contribution in [-0.4, -0.2) is 6.61 Å². The molecule has 1 heterocycles. The summed E-state index contributed by atoms with van der Waals surface area (Å²) in [5.41, 5.74) is 2.34. The fraction of sp³-hybridized carbons (Fsp3) is 0.368. The summed E-state index contributed by atoms with van der Waals surface area (Å²) in [5, 5.41) is 0. The van der Waals surface area contributed by atoms with Crippen molar-refractivity contribution in [1.82, 2.24) is 0 Å². The highest BCUT2D eigenvalue weighted by Crippen LogP contribution is 2.43. The summed E-state index contributed by atoms with van der Waals surface area (Å²) in [6, 6.07) is 6.98. The van der Waals surface area contributed by atoms with Crippen molar-refractivity contribution in [2.24, 2.45) is 5.92 Å².